The van der Waals surface area contributed by atoms with Crippen molar-refractivity contribution >= 4 is 55.4 Å². The lowest BCUT2D eigenvalue weighted by atomic mass is 10.2. The highest BCUT2D eigenvalue weighted by Gasteiger charge is 2.49. The van der Waals surface area contributed by atoms with Gasteiger partial charge in [-0.1, -0.05) is 98.8 Å². The van der Waals surface area contributed by atoms with Crippen molar-refractivity contribution in [2.75, 3.05) is 119 Å². The van der Waals surface area contributed by atoms with Crippen LogP contribution >= 0.6 is 0 Å². The first kappa shape index (κ1) is 110. The number of cyclic esters (lactones) is 18. The van der Waals surface area contributed by atoms with Crippen LogP contribution in [0.25, 0.3) is 0 Å². The van der Waals surface area contributed by atoms with E-state index in [1.54, 1.807) is 53.5 Å². The maximum atomic E-state index is 12.4. The first-order valence-corrected chi connectivity index (χ1v) is 36.2. The van der Waals surface area contributed by atoms with Gasteiger partial charge in [-0.3, -0.25) is 0 Å². The van der Waals surface area contributed by atoms with Gasteiger partial charge in [0.05, 0.1) is 19.8 Å². The van der Waals surface area contributed by atoms with Crippen LogP contribution in [0.2, 0.25) is 0 Å². The van der Waals surface area contributed by atoms with Crippen LogP contribution in [-0.2, 0) is 128 Å². The molecule has 9 fully saturated rings. The summed E-state index contributed by atoms with van der Waals surface area (Å²) >= 11 is 0. The molecule has 694 valence electrons. The number of ether oxygens (including phenoxy) is 27. The maximum absolute atomic E-state index is 12.4. The van der Waals surface area contributed by atoms with Crippen molar-refractivity contribution in [1.29, 1.82) is 0 Å². The summed E-state index contributed by atoms with van der Waals surface area (Å²) in [7, 11) is 0. The zero-order valence-electron chi connectivity index (χ0n) is 67.6. The van der Waals surface area contributed by atoms with Crippen LogP contribution < -0.4 is 0 Å². The smallest absolute Gasteiger partial charge is 0.427 e. The van der Waals surface area contributed by atoms with Gasteiger partial charge < -0.3 is 128 Å². The van der Waals surface area contributed by atoms with Gasteiger partial charge in [0.15, 0.2) is 65.3 Å². The summed E-state index contributed by atoms with van der Waals surface area (Å²) in [5.41, 5.74) is 0. The molecule has 9 aliphatic heterocycles. The molecule has 36 nitrogen and oxygen atoms in total. The first-order chi connectivity index (χ1) is 57.8. The van der Waals surface area contributed by atoms with Gasteiger partial charge >= 0.3 is 73.8 Å². The maximum Gasteiger partial charge on any atom is 0.511 e. The number of terminal acetylenes is 2. The molecule has 0 aromatic heterocycles. The molecule has 9 aliphatic rings. The van der Waals surface area contributed by atoms with Crippen molar-refractivity contribution in [3.8, 4) is 48.6 Å². The van der Waals surface area contributed by atoms with Crippen molar-refractivity contribution < 1.29 is 228 Å². The summed E-state index contributed by atoms with van der Waals surface area (Å²) in [4.78, 5) is 95.7. The summed E-state index contributed by atoms with van der Waals surface area (Å²) in [6, 6.07) is 0. The quantitative estimate of drug-likeness (QED) is 0.0198. The number of halogens is 13. The first-order valence-electron chi connectivity index (χ1n) is 36.2. The number of hydrogen-bond acceptors (Lipinski definition) is 36. The lowest BCUT2D eigenvalue weighted by Gasteiger charge is -2.22. The van der Waals surface area contributed by atoms with E-state index in [9.17, 15) is 100 Å². The van der Waals surface area contributed by atoms with Crippen molar-refractivity contribution in [3.05, 3.63) is 61.3 Å². The molecule has 123 heavy (non-hydrogen) atoms. The highest BCUT2D eigenvalue weighted by molar-refractivity contribution is 5.65. The van der Waals surface area contributed by atoms with E-state index in [0.717, 1.165) is 12.0 Å². The molecule has 0 aromatic carbocycles. The van der Waals surface area contributed by atoms with Crippen LogP contribution in [0.4, 0.5) is 100 Å². The zero-order chi connectivity index (χ0) is 93.3. The van der Waals surface area contributed by atoms with Crippen molar-refractivity contribution in [2.45, 2.75) is 185 Å². The highest BCUT2D eigenvalue weighted by atomic mass is 19.4. The minimum atomic E-state index is -4.55. The van der Waals surface area contributed by atoms with Crippen LogP contribution in [0, 0.1) is 48.6 Å². The molecule has 9 atom stereocenters. The van der Waals surface area contributed by atoms with E-state index in [1.807, 2.05) is 20.8 Å². The number of carbonyl (C=O) groups is 9. The normalized spacial score (nSPS) is 26.1. The predicted octanol–water partition coefficient (Wildman–Crippen LogP) is 14.9. The molecular formula is C74H91F13O36. The molecule has 9 heterocycles. The van der Waals surface area contributed by atoms with Crippen LogP contribution in [0.3, 0.4) is 0 Å². The Kier molecular flexibility index (Phi) is 48.2. The van der Waals surface area contributed by atoms with E-state index in [-0.39, 0.29) is 118 Å². The van der Waals surface area contributed by atoms with Crippen molar-refractivity contribution in [2.24, 2.45) is 0 Å². The average molecular weight is 1800 g/mol. The summed E-state index contributed by atoms with van der Waals surface area (Å²) in [5, 5.41) is 0. The highest BCUT2D eigenvalue weighted by Crippen LogP contribution is 2.33. The number of hydrogen-bond donors (Lipinski definition) is 0. The molecule has 0 radical (unpaired) electrons. The van der Waals surface area contributed by atoms with Gasteiger partial charge in [0.25, 0.3) is 58.2 Å². The van der Waals surface area contributed by atoms with Gasteiger partial charge in [-0.25, -0.2) is 51.9 Å². The molecule has 0 aliphatic carbocycles. The third kappa shape index (κ3) is 42.2. The average Bonchev–Trinajstić information content (AvgIpc) is 1.77. The van der Waals surface area contributed by atoms with E-state index in [4.69, 9.17) is 93.4 Å². The van der Waals surface area contributed by atoms with Gasteiger partial charge in [-0.15, -0.1) is 23.8 Å². The van der Waals surface area contributed by atoms with Gasteiger partial charge in [-0.2, -0.15) is 43.9 Å². The summed E-state index contributed by atoms with van der Waals surface area (Å²) in [6.45, 7) is 20.2. The second-order valence-electron chi connectivity index (χ2n) is 24.2. The summed E-state index contributed by atoms with van der Waals surface area (Å²) in [5.74, 6) is -3.05. The standard InChI is InChI=1S/C9H11F3O4.C9H9F3O4.C8H9F3O4.C8H10F2O4.C8H11FO4.C8H9FO4.C8H12O4.2C8H10O4/c2*1-2-8(6-14-7(13)16-8)15-5-3-4-9(10,11)12;1-2-8(4-13-7(12)15-8)14-3-5(9)6(10)11;1-2-8(5-12-7(11)14-8)13-4-3-6(9)10;1-3-8(12-4-6(2)9)5-11-7(10)13-8;1-2-8(12-5-3-4-9)6-11-7(10)13-8;3*1-3-5-11-8(4-2)6-10-7(9)12-8/h3-4H,2,5-6H2,1H3;2,5-6H2,1H3;2-4H2,1H3;3H,2,4-5H2,1H3;2-5H2,1H3;2,5-6H2,1H3;3H,1,4-6H2,2H3;2*1H,4-6H2,2H3. The Labute approximate surface area is 695 Å². The Hall–Kier alpha value is -10.9. The van der Waals surface area contributed by atoms with E-state index in [2.05, 4.69) is 78.3 Å². The fraction of sp³-hybridized carbons (Fsp3) is 0.635. The Balaban J connectivity index is 0.000000693. The predicted molar refractivity (Wildman–Crippen MR) is 379 cm³/mol. The number of carbonyl (C=O) groups excluding carboxylic acids is 9. The van der Waals surface area contributed by atoms with E-state index >= 15 is 0 Å². The molecule has 0 amide bonds. The van der Waals surface area contributed by atoms with Crippen LogP contribution in [0.1, 0.15) is 120 Å². The van der Waals surface area contributed by atoms with Gasteiger partial charge in [0, 0.05) is 75.9 Å². The molecule has 0 bridgehead atoms. The summed E-state index contributed by atoms with van der Waals surface area (Å²) < 4.78 is 282. The molecule has 0 saturated carbocycles. The molecular weight excluding hydrogens is 1710 g/mol. The lowest BCUT2D eigenvalue weighted by Crippen LogP contribution is -2.35. The number of allylic oxidation sites excluding steroid dienone is 1. The third-order valence-electron chi connectivity index (χ3n) is 15.9. The minimum Gasteiger partial charge on any atom is -0.427 e. The van der Waals surface area contributed by atoms with Gasteiger partial charge in [0.1, 0.15) is 51.6 Å². The number of alkyl halides is 6. The third-order valence-corrected chi connectivity index (χ3v) is 15.9. The van der Waals surface area contributed by atoms with Gasteiger partial charge in [0.2, 0.25) is 0 Å². The largest absolute Gasteiger partial charge is 0.511 e. The molecule has 9 rings (SSSR count). The van der Waals surface area contributed by atoms with E-state index in [0.29, 0.717) is 57.6 Å². The SMILES string of the molecule is C#CCOC1(CC)COC(=O)O1.C#CCOC1(CC)COC(=O)O1.C=C(F)COC1(CC)COC(=O)O1.C=CCOC1(CC)COC(=O)O1.CCC1(OCC#CC(F)(F)F)COC(=O)O1.CCC1(OCC#CF)COC(=O)O1.CCC1(OCC(F)=C(F)F)COC(=O)O1.CCC1(OCC=C(F)F)COC(=O)O1.CCC1(OCC=CC(F)(F)F)COC(=O)O1. The summed E-state index contributed by atoms with van der Waals surface area (Å²) in [6.07, 6.45) is -2.55. The molecule has 9 unspecified atom stereocenters. The zero-order valence-corrected chi connectivity index (χ0v) is 67.6. The molecule has 0 N–H and O–H groups in total. The Morgan fingerprint density at radius 2 is 0.634 bits per heavy atom. The second kappa shape index (κ2) is 53.9. The fourth-order valence-corrected chi connectivity index (χ4v) is 8.70. The molecule has 9 saturated heterocycles. The second-order valence-corrected chi connectivity index (χ2v) is 24.2. The van der Waals surface area contributed by atoms with Crippen LogP contribution in [-0.4, -0.2) is 239 Å². The van der Waals surface area contributed by atoms with E-state index < -0.39 is 157 Å². The molecule has 0 spiro atoms. The Morgan fingerprint density at radius 1 is 0.382 bits per heavy atom. The Morgan fingerprint density at radius 3 is 0.854 bits per heavy atom. The monoisotopic (exact) mass is 1800 g/mol. The molecule has 49 heteroatoms. The topological polar surface area (TPSA) is 403 Å². The number of rotatable bonds is 32. The van der Waals surface area contributed by atoms with Crippen molar-refractivity contribution in [3.63, 3.8) is 0 Å². The fourth-order valence-electron chi connectivity index (χ4n) is 8.70. The van der Waals surface area contributed by atoms with Gasteiger partial charge in [-0.05, 0) is 5.92 Å². The van der Waals surface area contributed by atoms with Crippen LogP contribution in [0.5, 0.6) is 0 Å². The molecule has 0 aromatic rings. The van der Waals surface area contributed by atoms with Crippen LogP contribution in [0.15, 0.2) is 61.3 Å². The van der Waals surface area contributed by atoms with Crippen molar-refractivity contribution in [1.82, 2.24) is 0 Å². The lowest BCUT2D eigenvalue weighted by molar-refractivity contribution is -0.178. The minimum absolute atomic E-state index is 0.00435. The van der Waals surface area contributed by atoms with E-state index in [1.165, 1.54) is 6.17 Å². The Bertz CT molecular complexity index is 3720.